The van der Waals surface area contributed by atoms with Crippen molar-refractivity contribution in [3.05, 3.63) is 35.4 Å². The molecule has 0 saturated heterocycles. The zero-order chi connectivity index (χ0) is 11.3. The quantitative estimate of drug-likeness (QED) is 0.823. The van der Waals surface area contributed by atoms with Crippen LogP contribution in [0.5, 0.6) is 0 Å². The summed E-state index contributed by atoms with van der Waals surface area (Å²) in [5.74, 6) is 0.842. The molecule has 1 saturated carbocycles. The first-order chi connectivity index (χ1) is 8.37. The van der Waals surface area contributed by atoms with Crippen LogP contribution in [-0.2, 0) is 6.42 Å². The van der Waals surface area contributed by atoms with E-state index in [9.17, 15) is 0 Å². The third kappa shape index (κ3) is 1.43. The number of fused-ring (bicyclic) bond motifs is 3. The maximum absolute atomic E-state index is 4.29. The molecule has 0 radical (unpaired) electrons. The Morgan fingerprint density at radius 3 is 3.18 bits per heavy atom. The molecule has 1 N–H and O–H groups in total. The minimum absolute atomic E-state index is 0.602. The van der Waals surface area contributed by atoms with E-state index in [2.05, 4.69) is 34.6 Å². The average molecular weight is 226 g/mol. The van der Waals surface area contributed by atoms with Crippen molar-refractivity contribution < 1.29 is 0 Å². The second-order valence-electron chi connectivity index (χ2n) is 5.88. The molecule has 0 bridgehead atoms. The van der Waals surface area contributed by atoms with Crippen LogP contribution < -0.4 is 5.32 Å². The summed E-state index contributed by atoms with van der Waals surface area (Å²) >= 11 is 0. The van der Waals surface area contributed by atoms with Gasteiger partial charge in [-0.3, -0.25) is 4.99 Å². The van der Waals surface area contributed by atoms with E-state index in [1.54, 1.807) is 11.1 Å². The monoisotopic (exact) mass is 226 g/mol. The van der Waals surface area contributed by atoms with Crippen LogP contribution in [0.3, 0.4) is 0 Å². The molecule has 88 valence electrons. The highest BCUT2D eigenvalue weighted by Gasteiger charge is 2.57. The number of aliphatic imine (C=N–C) groups is 1. The largest absolute Gasteiger partial charge is 0.372 e. The minimum Gasteiger partial charge on any atom is -0.372 e. The van der Waals surface area contributed by atoms with E-state index < -0.39 is 0 Å². The molecule has 1 aromatic carbocycles. The molecule has 0 amide bonds. The Kier molecular flexibility index (Phi) is 1.91. The normalized spacial score (nSPS) is 37.2. The Bertz CT molecular complexity index is 472. The molecule has 4 rings (SSSR count). The van der Waals surface area contributed by atoms with Crippen molar-refractivity contribution in [2.24, 2.45) is 10.4 Å². The zero-order valence-electron chi connectivity index (χ0n) is 10.0. The molecule has 0 aromatic heterocycles. The molecular weight excluding hydrogens is 208 g/mol. The maximum atomic E-state index is 4.29. The van der Waals surface area contributed by atoms with E-state index in [1.165, 1.54) is 25.7 Å². The first-order valence-corrected chi connectivity index (χ1v) is 6.70. The van der Waals surface area contributed by atoms with Gasteiger partial charge in [0.15, 0.2) is 0 Å². The van der Waals surface area contributed by atoms with Crippen LogP contribution in [0.2, 0.25) is 0 Å². The first-order valence-electron chi connectivity index (χ1n) is 6.70. The Balaban J connectivity index is 1.56. The molecule has 1 heterocycles. The number of aryl methyl sites for hydroxylation is 1. The van der Waals surface area contributed by atoms with Crippen molar-refractivity contribution in [3.63, 3.8) is 0 Å². The predicted octanol–water partition coefficient (Wildman–Crippen LogP) is 2.50. The van der Waals surface area contributed by atoms with Crippen LogP contribution >= 0.6 is 0 Å². The van der Waals surface area contributed by atoms with Gasteiger partial charge in [-0.05, 0) is 48.1 Å². The molecule has 3 atom stereocenters. The van der Waals surface area contributed by atoms with Crippen molar-refractivity contribution in [2.45, 2.75) is 37.6 Å². The van der Waals surface area contributed by atoms with Crippen LogP contribution in [0.25, 0.3) is 0 Å². The molecule has 2 heteroatoms. The number of hydrogen-bond donors (Lipinski definition) is 1. The highest BCUT2D eigenvalue weighted by Crippen LogP contribution is 2.67. The third-order valence-electron chi connectivity index (χ3n) is 4.89. The van der Waals surface area contributed by atoms with Crippen LogP contribution in [0.15, 0.2) is 29.3 Å². The van der Waals surface area contributed by atoms with Crippen molar-refractivity contribution in [3.8, 4) is 0 Å². The van der Waals surface area contributed by atoms with Gasteiger partial charge in [0, 0.05) is 6.04 Å². The zero-order valence-corrected chi connectivity index (χ0v) is 10.0. The lowest BCUT2D eigenvalue weighted by molar-refractivity contribution is 0.358. The molecule has 1 aromatic rings. The molecule has 2 aliphatic carbocycles. The van der Waals surface area contributed by atoms with Crippen molar-refractivity contribution >= 4 is 6.34 Å². The van der Waals surface area contributed by atoms with E-state index >= 15 is 0 Å². The number of nitrogens with zero attached hydrogens (tertiary/aromatic N) is 1. The summed E-state index contributed by atoms with van der Waals surface area (Å²) in [4.78, 5) is 4.29. The molecule has 0 spiro atoms. The fourth-order valence-corrected chi connectivity index (χ4v) is 3.88. The Morgan fingerprint density at radius 2 is 2.29 bits per heavy atom. The number of rotatable bonds is 2. The predicted molar refractivity (Wildman–Crippen MR) is 69.5 cm³/mol. The lowest BCUT2D eigenvalue weighted by atomic mass is 9.80. The first kappa shape index (κ1) is 9.69. The fourth-order valence-electron chi connectivity index (χ4n) is 3.88. The van der Waals surface area contributed by atoms with E-state index in [1.807, 2.05) is 6.34 Å². The lowest BCUT2D eigenvalue weighted by Gasteiger charge is -2.26. The van der Waals surface area contributed by atoms with Crippen molar-refractivity contribution in [2.75, 3.05) is 6.54 Å². The van der Waals surface area contributed by atoms with Crippen LogP contribution in [0.1, 0.15) is 36.3 Å². The second kappa shape index (κ2) is 3.34. The van der Waals surface area contributed by atoms with E-state index in [0.717, 1.165) is 12.5 Å². The van der Waals surface area contributed by atoms with Gasteiger partial charge < -0.3 is 5.32 Å². The smallest absolute Gasteiger partial charge is 0.0827 e. The van der Waals surface area contributed by atoms with Gasteiger partial charge in [0.25, 0.3) is 0 Å². The van der Waals surface area contributed by atoms with Gasteiger partial charge in [-0.25, -0.2) is 0 Å². The van der Waals surface area contributed by atoms with E-state index in [-0.39, 0.29) is 0 Å². The molecule has 3 aliphatic rings. The van der Waals surface area contributed by atoms with Gasteiger partial charge in [0.1, 0.15) is 0 Å². The number of nitrogens with one attached hydrogen (secondary N) is 1. The maximum Gasteiger partial charge on any atom is 0.0827 e. The Hall–Kier alpha value is -1.31. The SMILES string of the molecule is C1=NC[C@H](C[C@]23CCc4ccccc4C2C3)N1. The lowest BCUT2D eigenvalue weighted by Crippen LogP contribution is -2.29. The molecule has 1 aliphatic heterocycles. The molecular formula is C15H18N2. The summed E-state index contributed by atoms with van der Waals surface area (Å²) in [6.45, 7) is 0.982. The molecule has 2 nitrogen and oxygen atoms in total. The summed E-state index contributed by atoms with van der Waals surface area (Å²) in [5, 5.41) is 3.39. The minimum atomic E-state index is 0.602. The third-order valence-corrected chi connectivity index (χ3v) is 4.89. The Morgan fingerprint density at radius 1 is 1.35 bits per heavy atom. The van der Waals surface area contributed by atoms with Crippen LogP contribution in [0, 0.1) is 5.41 Å². The van der Waals surface area contributed by atoms with Gasteiger partial charge in [0.2, 0.25) is 0 Å². The van der Waals surface area contributed by atoms with Crippen molar-refractivity contribution in [1.29, 1.82) is 0 Å². The van der Waals surface area contributed by atoms with Crippen LogP contribution in [-0.4, -0.2) is 18.9 Å². The highest BCUT2D eigenvalue weighted by atomic mass is 15.1. The molecule has 1 unspecified atom stereocenters. The molecule has 1 fully saturated rings. The second-order valence-corrected chi connectivity index (χ2v) is 5.88. The Labute approximate surface area is 102 Å². The summed E-state index contributed by atoms with van der Waals surface area (Å²) in [7, 11) is 0. The summed E-state index contributed by atoms with van der Waals surface area (Å²) in [6, 6.07) is 9.64. The van der Waals surface area contributed by atoms with E-state index in [0.29, 0.717) is 11.5 Å². The fraction of sp³-hybridized carbons (Fsp3) is 0.533. The number of benzene rings is 1. The van der Waals surface area contributed by atoms with Gasteiger partial charge in [0.05, 0.1) is 12.9 Å². The summed E-state index contributed by atoms with van der Waals surface area (Å²) in [5.41, 5.74) is 3.85. The summed E-state index contributed by atoms with van der Waals surface area (Å²) < 4.78 is 0. The van der Waals surface area contributed by atoms with Gasteiger partial charge in [-0.1, -0.05) is 24.3 Å². The number of hydrogen-bond acceptors (Lipinski definition) is 2. The molecule has 17 heavy (non-hydrogen) atoms. The van der Waals surface area contributed by atoms with E-state index in [4.69, 9.17) is 0 Å². The van der Waals surface area contributed by atoms with Crippen molar-refractivity contribution in [1.82, 2.24) is 5.32 Å². The van der Waals surface area contributed by atoms with Gasteiger partial charge in [-0.15, -0.1) is 0 Å². The van der Waals surface area contributed by atoms with Crippen LogP contribution in [0.4, 0.5) is 0 Å². The average Bonchev–Trinajstić information content (AvgIpc) is 2.87. The highest BCUT2D eigenvalue weighted by molar-refractivity contribution is 5.57. The van der Waals surface area contributed by atoms with Gasteiger partial charge >= 0.3 is 0 Å². The standard InChI is InChI=1S/C15H18N2/c1-2-4-13-11(3-1)5-6-15(8-14(13)15)7-12-9-16-10-17-12/h1-4,10,12,14H,5-9H2,(H,16,17)/t12-,14?,15-/m0/s1. The summed E-state index contributed by atoms with van der Waals surface area (Å²) in [6.07, 6.45) is 7.26. The van der Waals surface area contributed by atoms with Gasteiger partial charge in [-0.2, -0.15) is 0 Å². The topological polar surface area (TPSA) is 24.4 Å².